The number of aliphatic hydroxyl groups is 8. The molecule has 16 unspecified atom stereocenters. The van der Waals surface area contributed by atoms with Gasteiger partial charge in [0.1, 0.15) is 122 Å². The number of benzene rings is 5. The third-order valence-electron chi connectivity index (χ3n) is 25.1. The first-order valence-electron chi connectivity index (χ1n) is 45.7. The van der Waals surface area contributed by atoms with Gasteiger partial charge >= 0.3 is 11.9 Å². The molecule has 40 atom stereocenters. The summed E-state index contributed by atoms with van der Waals surface area (Å²) in [6, 6.07) is 46.4. The fourth-order valence-electron chi connectivity index (χ4n) is 18.1. The maximum absolute atomic E-state index is 13.6. The van der Waals surface area contributed by atoms with Crippen LogP contribution in [0.3, 0.4) is 0 Å². The van der Waals surface area contributed by atoms with Crippen LogP contribution in [0.25, 0.3) is 10.4 Å². The standard InChI is InChI=1S/C65H79N3O17.C31H55NO17/c1-39-51(67-68-66)56(75-37-49-30-20-12-21-31-49)60(71-8)63(78-39)84-58-53(73-35-47-26-16-10-17-27-47)42(4)80-65(62(58)82-45(7)70)85-59-54(74-36-48-28-18-11-19-29-48)41(3)79-64(61(59)81-44(6)69)83-55-43(5)77-40(2)52(72-34-46-24-14-9-15-25-46)57(55)76-38-50-32-22-13-23-33-50;1-10-16(32-15(33)9-31(6,7)41)20(37)27(42-8)30(44-10)49-26-19(36)13(4)46-29(23(26)40)48-25-18(35)12(3)45-28(22(25)39)47-24-14(5)43-11(2)17(34)21(24)38/h9-33,39-43,51-65H,34-38H2,1-8H3;10-14,16-30,34-41H,9H2,1-8H3,(H,32,33)/t39?,40?,41?,42?,43-,51+,52-,53-,54-,55?,56+,57-,58-,59-,60?,61?,62?,63-,64-,65-;10?,11?,12?,13?,14-,16+,17-,18-,19-,20-,21-,22?,23?,24?,25-,26-,27?,28-,29-,30-/m00/s1. The third kappa shape index (κ3) is 27.0. The van der Waals surface area contributed by atoms with E-state index in [1.165, 1.54) is 55.8 Å². The molecular formula is C96H134N4O34. The van der Waals surface area contributed by atoms with Crippen molar-refractivity contribution in [1.29, 1.82) is 0 Å². The van der Waals surface area contributed by atoms with Crippen molar-refractivity contribution in [3.05, 3.63) is 190 Å². The van der Waals surface area contributed by atoms with Gasteiger partial charge in [-0.05, 0) is 116 Å². The van der Waals surface area contributed by atoms with E-state index in [9.17, 15) is 60.8 Å². The molecule has 0 bridgehead atoms. The summed E-state index contributed by atoms with van der Waals surface area (Å²) in [5, 5.41) is 93.3. The van der Waals surface area contributed by atoms with E-state index < -0.39 is 269 Å². The molecule has 742 valence electrons. The molecule has 5 aromatic rings. The van der Waals surface area contributed by atoms with E-state index >= 15 is 0 Å². The number of hydrogen-bond acceptors (Lipinski definition) is 35. The lowest BCUT2D eigenvalue weighted by atomic mass is 9.94. The normalized spacial score (nSPS) is 39.2. The Hall–Kier alpha value is -7.34. The SMILES string of the molecule is COC1[C@H](O[C@@H]2C(O)[C@H](O[C@@H]3C(O)[C@H](OC4[C@H](C)OC(C)[C@H](O)[C@@H]4O)OC(C)[C@@H]3O)OC(C)[C@@H]2O)OC(C)[C@@H](NC(=O)CC(C)(C)O)[C@@H]1O.COC1[C@H](O[C@@H]2C(OC(C)=O)[C@H](O[C@@H]3C(OC(C)=O)[C@H](OC4[C@H](C)OC(C)[C@H](OCc5ccccc5)[C@@H]4OCc4ccccc4)OC(C)[C@@H]3OCc3ccccc3)OC(C)[C@@H]2OCc2ccccc2)OC(C)[C@@H](N=[N+]=[N-])[C@H]1OCc1ccccc1. The minimum absolute atomic E-state index is 0.0923. The quantitative estimate of drug-likeness (QED) is 0.00966. The van der Waals surface area contributed by atoms with Gasteiger partial charge in [-0.15, -0.1) is 0 Å². The first kappa shape index (κ1) is 106. The summed E-state index contributed by atoms with van der Waals surface area (Å²) < 4.78 is 147. The van der Waals surface area contributed by atoms with Crippen LogP contribution in [0.5, 0.6) is 0 Å². The number of methoxy groups -OCH3 is 2. The predicted molar refractivity (Wildman–Crippen MR) is 471 cm³/mol. The van der Waals surface area contributed by atoms with Crippen LogP contribution in [-0.2, 0) is 156 Å². The Balaban J connectivity index is 0.000000280. The van der Waals surface area contributed by atoms with E-state index in [4.69, 9.17) is 109 Å². The fourth-order valence-corrected chi connectivity index (χ4v) is 18.1. The van der Waals surface area contributed by atoms with Crippen LogP contribution in [0.15, 0.2) is 157 Å². The Morgan fingerprint density at radius 1 is 0.336 bits per heavy atom. The number of nitrogens with one attached hydrogen (secondary N) is 1. The van der Waals surface area contributed by atoms with Gasteiger partial charge in [0.05, 0.1) is 118 Å². The molecule has 0 saturated carbocycles. The van der Waals surface area contributed by atoms with E-state index in [1.807, 2.05) is 172 Å². The highest BCUT2D eigenvalue weighted by molar-refractivity contribution is 5.77. The molecule has 0 aromatic heterocycles. The van der Waals surface area contributed by atoms with Gasteiger partial charge in [-0.3, -0.25) is 14.4 Å². The van der Waals surface area contributed by atoms with Gasteiger partial charge in [-0.2, -0.15) is 0 Å². The van der Waals surface area contributed by atoms with Crippen LogP contribution >= 0.6 is 0 Å². The van der Waals surface area contributed by atoms with Gasteiger partial charge in [-0.1, -0.05) is 157 Å². The average molecular weight is 1890 g/mol. The molecule has 8 aliphatic heterocycles. The van der Waals surface area contributed by atoms with Crippen LogP contribution < -0.4 is 5.32 Å². The lowest BCUT2D eigenvalue weighted by molar-refractivity contribution is -0.386. The first-order chi connectivity index (χ1) is 64.0. The summed E-state index contributed by atoms with van der Waals surface area (Å²) in [5.74, 6) is -1.92. The molecule has 8 aliphatic rings. The second kappa shape index (κ2) is 49.0. The molecular weight excluding hydrogens is 1750 g/mol. The van der Waals surface area contributed by atoms with Crippen LogP contribution in [0.2, 0.25) is 0 Å². The number of carbonyl (C=O) groups is 3. The molecule has 8 saturated heterocycles. The third-order valence-corrected chi connectivity index (χ3v) is 25.1. The molecule has 1 amide bonds. The maximum atomic E-state index is 13.6. The molecule has 0 radical (unpaired) electrons. The highest BCUT2D eigenvalue weighted by Gasteiger charge is 2.60. The van der Waals surface area contributed by atoms with Crippen molar-refractivity contribution < 1.29 is 164 Å². The number of hydrogen-bond donors (Lipinski definition) is 9. The number of ether oxygens (including phenoxy) is 23. The largest absolute Gasteiger partial charge is 0.454 e. The van der Waals surface area contributed by atoms with E-state index in [0.717, 1.165) is 27.8 Å². The zero-order chi connectivity index (χ0) is 96.5. The smallest absolute Gasteiger partial charge is 0.303 e. The summed E-state index contributed by atoms with van der Waals surface area (Å²) in [4.78, 5) is 42.9. The molecule has 0 aliphatic carbocycles. The van der Waals surface area contributed by atoms with Crippen LogP contribution in [0.1, 0.15) is 131 Å². The number of azide groups is 1. The monoisotopic (exact) mass is 1890 g/mol. The van der Waals surface area contributed by atoms with Crippen molar-refractivity contribution in [2.45, 2.75) is 387 Å². The van der Waals surface area contributed by atoms with Crippen LogP contribution in [0, 0.1) is 0 Å². The number of nitrogens with zero attached hydrogens (tertiary/aromatic N) is 3. The number of esters is 2. The first-order valence-corrected chi connectivity index (χ1v) is 45.7. The van der Waals surface area contributed by atoms with Gasteiger partial charge in [0.15, 0.2) is 49.9 Å². The van der Waals surface area contributed by atoms with Crippen LogP contribution in [-0.4, -0.2) is 324 Å². The average Bonchev–Trinajstić information content (AvgIpc) is 0.769. The summed E-state index contributed by atoms with van der Waals surface area (Å²) in [7, 11) is 2.75. The van der Waals surface area contributed by atoms with Gasteiger partial charge in [-0.25, -0.2) is 0 Å². The Kier molecular flexibility index (Phi) is 38.6. The molecule has 0 spiro atoms. The number of carbonyl (C=O) groups excluding carboxylic acids is 3. The molecule has 9 N–H and O–H groups in total. The number of amides is 1. The summed E-state index contributed by atoms with van der Waals surface area (Å²) in [6.07, 6.45) is -43.6. The highest BCUT2D eigenvalue weighted by atomic mass is 16.8. The van der Waals surface area contributed by atoms with E-state index in [2.05, 4.69) is 15.3 Å². The lowest BCUT2D eigenvalue weighted by Crippen LogP contribution is -2.68. The predicted octanol–water partition coefficient (Wildman–Crippen LogP) is 6.04. The molecule has 38 nitrogen and oxygen atoms in total. The topological polar surface area (TPSA) is 486 Å². The van der Waals surface area contributed by atoms with E-state index in [1.54, 1.807) is 34.6 Å². The molecule has 13 rings (SSSR count). The van der Waals surface area contributed by atoms with Gasteiger partial charge in [0.25, 0.3) is 0 Å². The minimum atomic E-state index is -1.74. The van der Waals surface area contributed by atoms with E-state index in [-0.39, 0.29) is 39.5 Å². The molecule has 8 heterocycles. The summed E-state index contributed by atoms with van der Waals surface area (Å²) in [6.45, 7) is 23.2. The summed E-state index contributed by atoms with van der Waals surface area (Å²) >= 11 is 0. The number of rotatable bonds is 35. The van der Waals surface area contributed by atoms with Crippen molar-refractivity contribution in [3.8, 4) is 0 Å². The fraction of sp³-hybridized carbons (Fsp3) is 0.656. The van der Waals surface area contributed by atoms with Crippen molar-refractivity contribution >= 4 is 17.8 Å². The van der Waals surface area contributed by atoms with E-state index in [0.29, 0.717) is 0 Å². The molecule has 8 fully saturated rings. The van der Waals surface area contributed by atoms with Crippen molar-refractivity contribution in [1.82, 2.24) is 5.32 Å². The molecule has 38 heteroatoms. The van der Waals surface area contributed by atoms with Crippen LogP contribution in [0.4, 0.5) is 0 Å². The summed E-state index contributed by atoms with van der Waals surface area (Å²) in [5.41, 5.74) is 12.9. The zero-order valence-electron chi connectivity index (χ0n) is 78.3. The van der Waals surface area contributed by atoms with Crippen molar-refractivity contribution in [3.63, 3.8) is 0 Å². The second-order valence-electron chi connectivity index (χ2n) is 36.0. The highest BCUT2D eigenvalue weighted by Crippen LogP contribution is 2.43. The Bertz CT molecular complexity index is 4430. The second-order valence-corrected chi connectivity index (χ2v) is 36.0. The van der Waals surface area contributed by atoms with Gasteiger partial charge in [0, 0.05) is 33.0 Å². The molecule has 134 heavy (non-hydrogen) atoms. The van der Waals surface area contributed by atoms with Gasteiger partial charge in [0.2, 0.25) is 5.91 Å². The Morgan fingerprint density at radius 2 is 0.642 bits per heavy atom. The minimum Gasteiger partial charge on any atom is -0.454 e. The van der Waals surface area contributed by atoms with Crippen molar-refractivity contribution in [2.75, 3.05) is 14.2 Å². The zero-order valence-corrected chi connectivity index (χ0v) is 78.3. The molecule has 5 aromatic carbocycles. The lowest BCUT2D eigenvalue weighted by Gasteiger charge is -2.51. The maximum Gasteiger partial charge on any atom is 0.303 e. The van der Waals surface area contributed by atoms with Gasteiger partial charge < -0.3 is 155 Å². The number of aliphatic hydroxyl groups excluding tert-OH is 7. The Morgan fingerprint density at radius 3 is 1.04 bits per heavy atom. The Labute approximate surface area is 780 Å². The van der Waals surface area contributed by atoms with Crippen molar-refractivity contribution in [2.24, 2.45) is 5.11 Å².